The summed E-state index contributed by atoms with van der Waals surface area (Å²) in [4.78, 5) is 20.9. The molecule has 0 aliphatic heterocycles. The van der Waals surface area contributed by atoms with Gasteiger partial charge in [0.15, 0.2) is 5.75 Å². The molecule has 0 saturated heterocycles. The van der Waals surface area contributed by atoms with Gasteiger partial charge < -0.3 is 5.73 Å². The van der Waals surface area contributed by atoms with Gasteiger partial charge in [0.25, 0.3) is 0 Å². The first-order chi connectivity index (χ1) is 7.31. The van der Waals surface area contributed by atoms with Gasteiger partial charge in [0.1, 0.15) is 0 Å². The molecule has 0 unspecified atom stereocenters. The van der Waals surface area contributed by atoms with E-state index in [0.29, 0.717) is 12.3 Å². The Labute approximate surface area is 87.9 Å². The highest BCUT2D eigenvalue weighted by Gasteiger charge is 2.32. The Morgan fingerprint density at radius 3 is 2.80 bits per heavy atom. The van der Waals surface area contributed by atoms with Crippen LogP contribution in [0.3, 0.4) is 0 Å². The molecular formula is C11H13NO3. The molecule has 1 aliphatic carbocycles. The van der Waals surface area contributed by atoms with E-state index in [1.807, 2.05) is 12.1 Å². The van der Waals surface area contributed by atoms with Gasteiger partial charge in [0, 0.05) is 12.1 Å². The fraction of sp³-hybridized carbons (Fsp3) is 0.364. The van der Waals surface area contributed by atoms with E-state index in [9.17, 15) is 4.79 Å². The predicted octanol–water partition coefficient (Wildman–Crippen LogP) is 1.39. The zero-order chi connectivity index (χ0) is 10.7. The van der Waals surface area contributed by atoms with Crippen LogP contribution in [0.15, 0.2) is 24.3 Å². The number of hydrogen-bond donors (Lipinski definition) is 1. The molecule has 0 heterocycles. The van der Waals surface area contributed by atoms with Gasteiger partial charge in [-0.2, -0.15) is 0 Å². The normalized spacial score (nSPS) is 14.7. The molecule has 15 heavy (non-hydrogen) atoms. The quantitative estimate of drug-likeness (QED) is 0.598. The van der Waals surface area contributed by atoms with E-state index >= 15 is 0 Å². The van der Waals surface area contributed by atoms with E-state index in [-0.39, 0.29) is 11.9 Å². The third-order valence-electron chi connectivity index (χ3n) is 2.32. The molecule has 0 radical (unpaired) electrons. The molecule has 1 aliphatic rings. The zero-order valence-electron chi connectivity index (χ0n) is 8.31. The average Bonchev–Trinajstić information content (AvgIpc) is 3.10. The summed E-state index contributed by atoms with van der Waals surface area (Å²) in [6, 6.07) is 7.22. The third kappa shape index (κ3) is 2.47. The van der Waals surface area contributed by atoms with Crippen molar-refractivity contribution in [3.63, 3.8) is 0 Å². The first-order valence-corrected chi connectivity index (χ1v) is 4.97. The van der Waals surface area contributed by atoms with E-state index in [1.54, 1.807) is 12.1 Å². The van der Waals surface area contributed by atoms with E-state index < -0.39 is 0 Å². The maximum absolute atomic E-state index is 11.2. The highest BCUT2D eigenvalue weighted by molar-refractivity contribution is 5.74. The summed E-state index contributed by atoms with van der Waals surface area (Å²) < 4.78 is 0. The minimum Gasteiger partial charge on any atom is -0.326 e. The second-order valence-corrected chi connectivity index (χ2v) is 3.57. The molecule has 80 valence electrons. The van der Waals surface area contributed by atoms with Crippen LogP contribution >= 0.6 is 0 Å². The smallest absolute Gasteiger partial charge is 0.326 e. The molecule has 2 N–H and O–H groups in total. The summed E-state index contributed by atoms with van der Waals surface area (Å²) in [5, 5.41) is 0. The van der Waals surface area contributed by atoms with Crippen molar-refractivity contribution in [2.75, 3.05) is 0 Å². The van der Waals surface area contributed by atoms with Crippen molar-refractivity contribution in [3.05, 3.63) is 29.8 Å². The Kier molecular flexibility index (Phi) is 2.87. The van der Waals surface area contributed by atoms with Crippen molar-refractivity contribution < 1.29 is 14.6 Å². The van der Waals surface area contributed by atoms with Crippen LogP contribution in [-0.4, -0.2) is 5.97 Å². The van der Waals surface area contributed by atoms with Gasteiger partial charge in [0.05, 0.1) is 5.92 Å². The highest BCUT2D eigenvalue weighted by atomic mass is 17.2. The van der Waals surface area contributed by atoms with Crippen LogP contribution in [-0.2, 0) is 16.2 Å². The van der Waals surface area contributed by atoms with Gasteiger partial charge in [-0.25, -0.2) is 4.79 Å². The minimum absolute atomic E-state index is 0.0371. The molecule has 0 amide bonds. The summed E-state index contributed by atoms with van der Waals surface area (Å²) >= 11 is 0. The van der Waals surface area contributed by atoms with E-state index in [0.717, 1.165) is 18.4 Å². The molecule has 0 bridgehead atoms. The van der Waals surface area contributed by atoms with Crippen molar-refractivity contribution in [1.29, 1.82) is 0 Å². The van der Waals surface area contributed by atoms with Crippen LogP contribution in [0.4, 0.5) is 0 Å². The molecule has 1 fully saturated rings. The van der Waals surface area contributed by atoms with Gasteiger partial charge in [-0.1, -0.05) is 18.2 Å². The van der Waals surface area contributed by atoms with Crippen LogP contribution in [0.5, 0.6) is 5.75 Å². The van der Waals surface area contributed by atoms with Gasteiger partial charge in [-0.05, 0) is 18.9 Å². The Morgan fingerprint density at radius 2 is 2.13 bits per heavy atom. The molecule has 0 aromatic heterocycles. The summed E-state index contributed by atoms with van der Waals surface area (Å²) in [5.41, 5.74) is 6.33. The van der Waals surface area contributed by atoms with Gasteiger partial charge in [-0.15, -0.1) is 0 Å². The van der Waals surface area contributed by atoms with Crippen molar-refractivity contribution >= 4 is 5.97 Å². The zero-order valence-corrected chi connectivity index (χ0v) is 8.31. The van der Waals surface area contributed by atoms with E-state index in [2.05, 4.69) is 0 Å². The predicted molar refractivity (Wildman–Crippen MR) is 53.8 cm³/mol. The lowest BCUT2D eigenvalue weighted by molar-refractivity contribution is -0.215. The molecule has 1 saturated carbocycles. The second kappa shape index (κ2) is 4.31. The van der Waals surface area contributed by atoms with Gasteiger partial charge in [-0.3, -0.25) is 9.78 Å². The number of nitrogens with two attached hydrogens (primary N) is 1. The monoisotopic (exact) mass is 207 g/mol. The molecule has 1 aromatic rings. The van der Waals surface area contributed by atoms with Crippen molar-refractivity contribution in [2.45, 2.75) is 19.4 Å². The first kappa shape index (κ1) is 9.98. The summed E-state index contributed by atoms with van der Waals surface area (Å²) in [6.07, 6.45) is 1.81. The molecule has 2 rings (SSSR count). The lowest BCUT2D eigenvalue weighted by Crippen LogP contribution is -2.11. The molecule has 0 atom stereocenters. The first-order valence-electron chi connectivity index (χ1n) is 4.97. The number of rotatable bonds is 4. The number of para-hydroxylation sites is 1. The largest absolute Gasteiger partial charge is 0.358 e. The molecular weight excluding hydrogens is 194 g/mol. The number of benzene rings is 1. The third-order valence-corrected chi connectivity index (χ3v) is 2.32. The van der Waals surface area contributed by atoms with Gasteiger partial charge in [0.2, 0.25) is 0 Å². The van der Waals surface area contributed by atoms with Crippen molar-refractivity contribution in [3.8, 4) is 5.75 Å². The van der Waals surface area contributed by atoms with Crippen molar-refractivity contribution in [1.82, 2.24) is 0 Å². The summed E-state index contributed by atoms with van der Waals surface area (Å²) in [7, 11) is 0. The number of hydrogen-bond acceptors (Lipinski definition) is 4. The van der Waals surface area contributed by atoms with Crippen LogP contribution in [0.1, 0.15) is 18.4 Å². The Balaban J connectivity index is 1.94. The fourth-order valence-corrected chi connectivity index (χ4v) is 1.23. The topological polar surface area (TPSA) is 61.6 Å². The summed E-state index contributed by atoms with van der Waals surface area (Å²) in [6.45, 7) is 0.358. The molecule has 4 nitrogen and oxygen atoms in total. The molecule has 0 spiro atoms. The lowest BCUT2D eigenvalue weighted by atomic mass is 10.2. The second-order valence-electron chi connectivity index (χ2n) is 3.57. The standard InChI is InChI=1S/C11H13NO3/c12-7-9-3-1-2-4-10(9)14-15-11(13)8-5-6-8/h1-4,8H,5-7,12H2. The number of carbonyl (C=O) groups is 1. The Bertz CT molecular complexity index is 361. The molecule has 4 heteroatoms. The van der Waals surface area contributed by atoms with Crippen LogP contribution in [0, 0.1) is 5.92 Å². The Hall–Kier alpha value is -1.55. The number of carbonyl (C=O) groups excluding carboxylic acids is 1. The lowest BCUT2D eigenvalue weighted by Gasteiger charge is -2.07. The van der Waals surface area contributed by atoms with Gasteiger partial charge >= 0.3 is 5.97 Å². The molecule has 1 aromatic carbocycles. The maximum Gasteiger partial charge on any atom is 0.358 e. The van der Waals surface area contributed by atoms with Crippen molar-refractivity contribution in [2.24, 2.45) is 11.7 Å². The van der Waals surface area contributed by atoms with Crippen LogP contribution < -0.4 is 10.6 Å². The fourth-order valence-electron chi connectivity index (χ4n) is 1.23. The van der Waals surface area contributed by atoms with E-state index in [1.165, 1.54) is 0 Å². The minimum atomic E-state index is -0.290. The summed E-state index contributed by atoms with van der Waals surface area (Å²) in [5.74, 6) is 0.255. The van der Waals surface area contributed by atoms with Crippen LogP contribution in [0.2, 0.25) is 0 Å². The highest BCUT2D eigenvalue weighted by Crippen LogP contribution is 2.30. The van der Waals surface area contributed by atoms with E-state index in [4.69, 9.17) is 15.5 Å². The Morgan fingerprint density at radius 1 is 1.40 bits per heavy atom. The maximum atomic E-state index is 11.2. The van der Waals surface area contributed by atoms with Crippen LogP contribution in [0.25, 0.3) is 0 Å². The SMILES string of the molecule is NCc1ccccc1OOC(=O)C1CC1. The average molecular weight is 207 g/mol.